The third kappa shape index (κ3) is 3.83. The number of rotatable bonds is 4. The van der Waals surface area contributed by atoms with Crippen molar-refractivity contribution in [2.75, 3.05) is 16.8 Å². The normalized spacial score (nSPS) is 14.7. The monoisotopic (exact) mass is 347 g/mol. The summed E-state index contributed by atoms with van der Waals surface area (Å²) in [5.74, 6) is 2.10. The molecule has 0 aliphatic carbocycles. The molecule has 1 aromatic carbocycles. The summed E-state index contributed by atoms with van der Waals surface area (Å²) in [7, 11) is 0. The average molecular weight is 347 g/mol. The molecule has 2 heterocycles. The lowest BCUT2D eigenvalue weighted by Gasteiger charge is -2.06. The fourth-order valence-electron chi connectivity index (χ4n) is 2.02. The van der Waals surface area contributed by atoms with Gasteiger partial charge in [0, 0.05) is 29.0 Å². The smallest absolute Gasteiger partial charge is 0.249 e. The van der Waals surface area contributed by atoms with E-state index in [-0.39, 0.29) is 10.5 Å². The molecule has 7 heteroatoms. The van der Waals surface area contributed by atoms with Gasteiger partial charge in [-0.1, -0.05) is 12.1 Å². The Labute approximate surface area is 141 Å². The van der Waals surface area contributed by atoms with E-state index in [1.54, 1.807) is 29.7 Å². The minimum atomic E-state index is -0.00845. The maximum absolute atomic E-state index is 12.0. The van der Waals surface area contributed by atoms with E-state index in [1.807, 2.05) is 24.3 Å². The second kappa shape index (κ2) is 7.18. The highest BCUT2D eigenvalue weighted by Crippen LogP contribution is 2.33. The van der Waals surface area contributed by atoms with Gasteiger partial charge in [0.2, 0.25) is 5.91 Å². The molecule has 0 spiro atoms. The minimum absolute atomic E-state index is 0.00845. The second-order valence-corrected chi connectivity index (χ2v) is 8.52. The van der Waals surface area contributed by atoms with Gasteiger partial charge < -0.3 is 5.32 Å². The summed E-state index contributed by atoms with van der Waals surface area (Å²) in [4.78, 5) is 17.4. The summed E-state index contributed by atoms with van der Waals surface area (Å²) >= 11 is 4.87. The van der Waals surface area contributed by atoms with Crippen molar-refractivity contribution in [1.82, 2.24) is 4.98 Å². The molecule has 0 unspecified atom stereocenters. The van der Waals surface area contributed by atoms with E-state index in [0.717, 1.165) is 28.4 Å². The van der Waals surface area contributed by atoms with Crippen LogP contribution in [0, 0.1) is 11.3 Å². The van der Waals surface area contributed by atoms with Crippen LogP contribution in [-0.2, 0) is 11.2 Å². The molecule has 0 saturated carbocycles. The van der Waals surface area contributed by atoms with Gasteiger partial charge in [0.15, 0.2) is 5.13 Å². The molecule has 2 aromatic rings. The number of aromatic nitrogens is 1. The summed E-state index contributed by atoms with van der Waals surface area (Å²) < 4.78 is -0.00845. The van der Waals surface area contributed by atoms with E-state index in [2.05, 4.69) is 16.4 Å². The molecule has 3 rings (SSSR count). The zero-order valence-electron chi connectivity index (χ0n) is 11.6. The summed E-state index contributed by atoms with van der Waals surface area (Å²) in [6.45, 7) is 0. The van der Waals surface area contributed by atoms with Crippen molar-refractivity contribution >= 4 is 45.9 Å². The topological polar surface area (TPSA) is 65.8 Å². The summed E-state index contributed by atoms with van der Waals surface area (Å²) in [6.07, 6.45) is 2.56. The summed E-state index contributed by atoms with van der Waals surface area (Å²) in [5, 5.41) is 12.3. The van der Waals surface area contributed by atoms with Gasteiger partial charge in [0.25, 0.3) is 0 Å². The number of thiazole rings is 1. The fourth-order valence-corrected chi connectivity index (χ4v) is 5.45. The van der Waals surface area contributed by atoms with Crippen LogP contribution in [0.2, 0.25) is 0 Å². The number of hydrogen-bond donors (Lipinski definition) is 1. The van der Waals surface area contributed by atoms with Gasteiger partial charge in [-0.3, -0.25) is 4.79 Å². The van der Waals surface area contributed by atoms with Crippen molar-refractivity contribution in [2.24, 2.45) is 0 Å². The molecular weight excluding hydrogens is 334 g/mol. The molecule has 1 aliphatic rings. The lowest BCUT2D eigenvalue weighted by Crippen LogP contribution is -2.20. The van der Waals surface area contributed by atoms with Crippen molar-refractivity contribution in [3.05, 3.63) is 46.5 Å². The molecule has 0 bridgehead atoms. The maximum Gasteiger partial charge on any atom is 0.249 e. The first-order chi connectivity index (χ1) is 10.7. The number of nitriles is 1. The van der Waals surface area contributed by atoms with Gasteiger partial charge in [-0.25, -0.2) is 4.98 Å². The number of benzene rings is 1. The number of nitrogens with one attached hydrogen (secondary N) is 1. The summed E-state index contributed by atoms with van der Waals surface area (Å²) in [6, 6.07) is 9.63. The first-order valence-corrected chi connectivity index (χ1v) is 9.64. The Kier molecular flexibility index (Phi) is 5.03. The number of thioether (sulfide) groups is 2. The van der Waals surface area contributed by atoms with Crippen LogP contribution in [0.4, 0.5) is 5.13 Å². The second-order valence-electron chi connectivity index (χ2n) is 4.68. The van der Waals surface area contributed by atoms with E-state index in [4.69, 9.17) is 5.26 Å². The Morgan fingerprint density at radius 3 is 2.73 bits per heavy atom. The largest absolute Gasteiger partial charge is 0.300 e. The predicted octanol–water partition coefficient (Wildman–Crippen LogP) is 3.35. The zero-order chi connectivity index (χ0) is 15.4. The van der Waals surface area contributed by atoms with Crippen LogP contribution in [0.3, 0.4) is 0 Å². The number of anilines is 1. The first-order valence-electron chi connectivity index (χ1n) is 6.72. The molecule has 1 aromatic heterocycles. The van der Waals surface area contributed by atoms with Crippen molar-refractivity contribution < 1.29 is 4.79 Å². The standard InChI is InChI=1S/C15H13N3OS3/c16-8-11-3-1-10(2-4-11)7-12-9-17-15(22-12)18-13(19)14-20-5-6-21-14/h1-4,9,14H,5-7H2,(H,17,18,19). The van der Waals surface area contributed by atoms with Crippen LogP contribution in [0.5, 0.6) is 0 Å². The summed E-state index contributed by atoms with van der Waals surface area (Å²) in [5.41, 5.74) is 1.79. The van der Waals surface area contributed by atoms with Gasteiger partial charge in [-0.05, 0) is 17.7 Å². The highest BCUT2D eigenvalue weighted by Gasteiger charge is 2.24. The highest BCUT2D eigenvalue weighted by atomic mass is 32.2. The van der Waals surface area contributed by atoms with Crippen LogP contribution in [0.25, 0.3) is 0 Å². The molecule has 4 nitrogen and oxygen atoms in total. The third-order valence-corrected chi connectivity index (χ3v) is 6.98. The Balaban J connectivity index is 1.60. The number of nitrogens with zero attached hydrogens (tertiary/aromatic N) is 2. The Morgan fingerprint density at radius 1 is 1.32 bits per heavy atom. The number of carbonyl (C=O) groups is 1. The van der Waals surface area contributed by atoms with E-state index in [0.29, 0.717) is 10.7 Å². The fraction of sp³-hybridized carbons (Fsp3) is 0.267. The quantitative estimate of drug-likeness (QED) is 0.919. The molecule has 1 fully saturated rings. The third-order valence-electron chi connectivity index (χ3n) is 3.08. The lowest BCUT2D eigenvalue weighted by atomic mass is 10.1. The molecule has 1 saturated heterocycles. The van der Waals surface area contributed by atoms with Crippen molar-refractivity contribution in [1.29, 1.82) is 5.26 Å². The average Bonchev–Trinajstić information content (AvgIpc) is 3.20. The van der Waals surface area contributed by atoms with E-state index in [9.17, 15) is 4.79 Å². The molecule has 22 heavy (non-hydrogen) atoms. The molecule has 1 amide bonds. The van der Waals surface area contributed by atoms with Crippen molar-refractivity contribution in [3.8, 4) is 6.07 Å². The van der Waals surface area contributed by atoms with Gasteiger partial charge >= 0.3 is 0 Å². The van der Waals surface area contributed by atoms with Crippen LogP contribution in [0.1, 0.15) is 16.0 Å². The van der Waals surface area contributed by atoms with Crippen molar-refractivity contribution in [3.63, 3.8) is 0 Å². The lowest BCUT2D eigenvalue weighted by molar-refractivity contribution is -0.114. The van der Waals surface area contributed by atoms with Gasteiger partial charge in [-0.2, -0.15) is 5.26 Å². The zero-order valence-corrected chi connectivity index (χ0v) is 14.1. The van der Waals surface area contributed by atoms with Crippen LogP contribution in [-0.4, -0.2) is 27.0 Å². The van der Waals surface area contributed by atoms with Gasteiger partial charge in [0.05, 0.1) is 11.6 Å². The number of hydrogen-bond acceptors (Lipinski definition) is 6. The molecule has 1 aliphatic heterocycles. The Hall–Kier alpha value is -1.49. The Morgan fingerprint density at radius 2 is 2.05 bits per heavy atom. The maximum atomic E-state index is 12.0. The molecule has 0 atom stereocenters. The van der Waals surface area contributed by atoms with Crippen LogP contribution >= 0.6 is 34.9 Å². The van der Waals surface area contributed by atoms with Crippen LogP contribution < -0.4 is 5.32 Å². The highest BCUT2D eigenvalue weighted by molar-refractivity contribution is 8.21. The van der Waals surface area contributed by atoms with Crippen LogP contribution in [0.15, 0.2) is 30.5 Å². The SMILES string of the molecule is N#Cc1ccc(Cc2cnc(NC(=O)C3SCCS3)s2)cc1. The molecular formula is C15H13N3OS3. The van der Waals surface area contributed by atoms with E-state index >= 15 is 0 Å². The minimum Gasteiger partial charge on any atom is -0.300 e. The Bertz CT molecular complexity index is 700. The molecule has 112 valence electrons. The number of amides is 1. The predicted molar refractivity (Wildman–Crippen MR) is 93.4 cm³/mol. The van der Waals surface area contributed by atoms with E-state index in [1.165, 1.54) is 11.3 Å². The van der Waals surface area contributed by atoms with Crippen molar-refractivity contribution in [2.45, 2.75) is 11.0 Å². The number of carbonyl (C=O) groups excluding carboxylic acids is 1. The van der Waals surface area contributed by atoms with Gasteiger partial charge in [-0.15, -0.1) is 34.9 Å². The first kappa shape index (κ1) is 15.4. The van der Waals surface area contributed by atoms with Gasteiger partial charge in [0.1, 0.15) is 4.58 Å². The van der Waals surface area contributed by atoms with E-state index < -0.39 is 0 Å². The molecule has 0 radical (unpaired) electrons. The molecule has 1 N–H and O–H groups in total.